The first-order chi connectivity index (χ1) is 25.4. The molecule has 0 radical (unpaired) electrons. The van der Waals surface area contributed by atoms with Crippen LogP contribution in [0.25, 0.3) is 0 Å². The molecule has 0 heterocycles. The standard InChI is InChI=1S/C43H72O9/c1-3-5-7-9-11-14-18-22-37-26-28-39(29-27-37)49-34-35-52-43(48)40(36-42(47)51-33-31-45)38(23-19-15-10-8-6-4-2)24-20-16-12-13-17-21-25-41(46)50-32-30-44/h20,24,26-29,38,40,44-45H,3-19,21-23,25,30-36H2,1-2H3/b24-20+. The molecule has 298 valence electrons. The summed E-state index contributed by atoms with van der Waals surface area (Å²) in [5.74, 6) is -1.41. The van der Waals surface area contributed by atoms with Crippen molar-refractivity contribution >= 4 is 17.9 Å². The number of hydrogen-bond acceptors (Lipinski definition) is 9. The van der Waals surface area contributed by atoms with Gasteiger partial charge in [0.1, 0.15) is 32.2 Å². The molecule has 0 fully saturated rings. The van der Waals surface area contributed by atoms with Crippen molar-refractivity contribution in [3.05, 3.63) is 42.0 Å². The number of aryl methyl sites for hydroxylation is 1. The number of carbonyl (C=O) groups is 3. The van der Waals surface area contributed by atoms with Crippen molar-refractivity contribution in [2.24, 2.45) is 11.8 Å². The topological polar surface area (TPSA) is 129 Å². The van der Waals surface area contributed by atoms with E-state index in [0.29, 0.717) is 6.42 Å². The minimum atomic E-state index is -0.700. The van der Waals surface area contributed by atoms with E-state index in [1.807, 2.05) is 12.1 Å². The predicted molar refractivity (Wildman–Crippen MR) is 207 cm³/mol. The third kappa shape index (κ3) is 25.9. The van der Waals surface area contributed by atoms with Gasteiger partial charge in [0, 0.05) is 6.42 Å². The number of carbonyl (C=O) groups excluding carboxylic acids is 3. The van der Waals surface area contributed by atoms with Crippen LogP contribution >= 0.6 is 0 Å². The second-order valence-electron chi connectivity index (χ2n) is 13.8. The van der Waals surface area contributed by atoms with E-state index in [1.54, 1.807) is 0 Å². The van der Waals surface area contributed by atoms with Gasteiger partial charge in [0.2, 0.25) is 0 Å². The van der Waals surface area contributed by atoms with Crippen molar-refractivity contribution in [1.29, 1.82) is 0 Å². The Labute approximate surface area is 315 Å². The van der Waals surface area contributed by atoms with E-state index in [-0.39, 0.29) is 57.9 Å². The van der Waals surface area contributed by atoms with E-state index < -0.39 is 17.9 Å². The summed E-state index contributed by atoms with van der Waals surface area (Å²) in [4.78, 5) is 37.8. The van der Waals surface area contributed by atoms with Crippen LogP contribution in [0.15, 0.2) is 36.4 Å². The molecule has 2 unspecified atom stereocenters. The van der Waals surface area contributed by atoms with Gasteiger partial charge >= 0.3 is 17.9 Å². The second-order valence-corrected chi connectivity index (χ2v) is 13.8. The summed E-state index contributed by atoms with van der Waals surface area (Å²) >= 11 is 0. The molecule has 0 saturated heterocycles. The van der Waals surface area contributed by atoms with Crippen LogP contribution in [0.3, 0.4) is 0 Å². The highest BCUT2D eigenvalue weighted by Gasteiger charge is 2.31. The Morgan fingerprint density at radius 1 is 0.635 bits per heavy atom. The first-order valence-corrected chi connectivity index (χ1v) is 20.5. The lowest BCUT2D eigenvalue weighted by Crippen LogP contribution is -2.29. The highest BCUT2D eigenvalue weighted by Crippen LogP contribution is 2.27. The first-order valence-electron chi connectivity index (χ1n) is 20.5. The summed E-state index contributed by atoms with van der Waals surface area (Å²) in [6, 6.07) is 8.13. The van der Waals surface area contributed by atoms with Crippen LogP contribution in [-0.2, 0) is 35.0 Å². The number of ether oxygens (including phenoxy) is 4. The normalized spacial score (nSPS) is 12.5. The van der Waals surface area contributed by atoms with Crippen molar-refractivity contribution in [3.8, 4) is 5.75 Å². The lowest BCUT2D eigenvalue weighted by Gasteiger charge is -2.23. The van der Waals surface area contributed by atoms with Crippen molar-refractivity contribution in [3.63, 3.8) is 0 Å². The van der Waals surface area contributed by atoms with Crippen molar-refractivity contribution in [1.82, 2.24) is 0 Å². The Hall–Kier alpha value is -2.91. The average molecular weight is 733 g/mol. The summed E-state index contributed by atoms with van der Waals surface area (Å²) in [5, 5.41) is 17.9. The van der Waals surface area contributed by atoms with E-state index in [4.69, 9.17) is 29.2 Å². The van der Waals surface area contributed by atoms with Gasteiger partial charge in [-0.1, -0.05) is 128 Å². The average Bonchev–Trinajstić information content (AvgIpc) is 3.15. The maximum atomic E-state index is 13.5. The maximum Gasteiger partial charge on any atom is 0.310 e. The maximum absolute atomic E-state index is 13.5. The molecule has 1 aromatic carbocycles. The van der Waals surface area contributed by atoms with E-state index in [2.05, 4.69) is 38.1 Å². The third-order valence-electron chi connectivity index (χ3n) is 9.28. The molecule has 2 atom stereocenters. The lowest BCUT2D eigenvalue weighted by molar-refractivity contribution is -0.157. The van der Waals surface area contributed by atoms with Crippen LogP contribution in [0.1, 0.15) is 154 Å². The molecule has 0 saturated carbocycles. The molecule has 0 bridgehead atoms. The fraction of sp³-hybridized carbons (Fsp3) is 0.744. The Bertz CT molecular complexity index is 1040. The number of unbranched alkanes of at least 4 members (excludes halogenated alkanes) is 15. The number of allylic oxidation sites excluding steroid dienone is 2. The zero-order valence-corrected chi connectivity index (χ0v) is 32.7. The fourth-order valence-electron chi connectivity index (χ4n) is 6.23. The summed E-state index contributed by atoms with van der Waals surface area (Å²) in [6.07, 6.45) is 26.3. The third-order valence-corrected chi connectivity index (χ3v) is 9.28. The number of benzene rings is 1. The molecule has 0 aromatic heterocycles. The van der Waals surface area contributed by atoms with Gasteiger partial charge in [0.05, 0.1) is 25.6 Å². The molecule has 0 spiro atoms. The molecule has 1 aromatic rings. The summed E-state index contributed by atoms with van der Waals surface area (Å²) in [7, 11) is 0. The van der Waals surface area contributed by atoms with Crippen molar-refractivity contribution in [2.45, 2.75) is 155 Å². The van der Waals surface area contributed by atoms with E-state index in [1.165, 1.54) is 69.8 Å². The van der Waals surface area contributed by atoms with E-state index in [9.17, 15) is 14.4 Å². The van der Waals surface area contributed by atoms with E-state index >= 15 is 0 Å². The molecule has 52 heavy (non-hydrogen) atoms. The van der Waals surface area contributed by atoms with Gasteiger partial charge in [-0.3, -0.25) is 14.4 Å². The predicted octanol–water partition coefficient (Wildman–Crippen LogP) is 9.24. The van der Waals surface area contributed by atoms with Gasteiger partial charge in [-0.05, 0) is 62.1 Å². The molecule has 9 heteroatoms. The highest BCUT2D eigenvalue weighted by atomic mass is 16.6. The molecule has 1 rings (SSSR count). The molecule has 0 aliphatic heterocycles. The van der Waals surface area contributed by atoms with Crippen molar-refractivity contribution in [2.75, 3.05) is 39.6 Å². The quantitative estimate of drug-likeness (QED) is 0.0304. The van der Waals surface area contributed by atoms with Crippen LogP contribution in [0.5, 0.6) is 5.75 Å². The molecule has 0 aliphatic rings. The van der Waals surface area contributed by atoms with Crippen LogP contribution in [0, 0.1) is 11.8 Å². The van der Waals surface area contributed by atoms with Crippen molar-refractivity contribution < 1.29 is 43.5 Å². The fourth-order valence-corrected chi connectivity index (χ4v) is 6.23. The molecule has 0 aliphatic carbocycles. The number of aliphatic hydroxyl groups is 2. The Morgan fingerprint density at radius 2 is 1.21 bits per heavy atom. The lowest BCUT2D eigenvalue weighted by atomic mass is 9.84. The first kappa shape index (κ1) is 47.1. The summed E-state index contributed by atoms with van der Waals surface area (Å²) in [6.45, 7) is 4.21. The van der Waals surface area contributed by atoms with Gasteiger partial charge in [0.15, 0.2) is 0 Å². The number of rotatable bonds is 35. The number of hydrogen-bond donors (Lipinski definition) is 2. The van der Waals surface area contributed by atoms with E-state index in [0.717, 1.165) is 70.0 Å². The minimum Gasteiger partial charge on any atom is -0.490 e. The monoisotopic (exact) mass is 733 g/mol. The molecule has 9 nitrogen and oxygen atoms in total. The van der Waals surface area contributed by atoms with Gasteiger partial charge in [-0.15, -0.1) is 0 Å². The molecular weight excluding hydrogens is 660 g/mol. The highest BCUT2D eigenvalue weighted by molar-refractivity contribution is 5.80. The second kappa shape index (κ2) is 33.9. The van der Waals surface area contributed by atoms with Gasteiger partial charge in [-0.2, -0.15) is 0 Å². The Morgan fingerprint density at radius 3 is 1.87 bits per heavy atom. The van der Waals surface area contributed by atoms with Crippen LogP contribution < -0.4 is 4.74 Å². The van der Waals surface area contributed by atoms with Crippen LogP contribution in [0.2, 0.25) is 0 Å². The minimum absolute atomic E-state index is 0.0405. The smallest absolute Gasteiger partial charge is 0.310 e. The van der Waals surface area contributed by atoms with Gasteiger partial charge in [0.25, 0.3) is 0 Å². The van der Waals surface area contributed by atoms with Crippen LogP contribution in [0.4, 0.5) is 0 Å². The summed E-state index contributed by atoms with van der Waals surface area (Å²) in [5.41, 5.74) is 1.30. The number of aliphatic hydroxyl groups excluding tert-OH is 2. The molecule has 0 amide bonds. The summed E-state index contributed by atoms with van der Waals surface area (Å²) < 4.78 is 21.7. The largest absolute Gasteiger partial charge is 0.490 e. The molecule has 2 N–H and O–H groups in total. The zero-order chi connectivity index (χ0) is 37.9. The SMILES string of the molecule is CCCCCCCCCc1ccc(OCCOC(=O)C(CC(=O)OCCO)C(/C=C/CCCCCCC(=O)OCCO)CCCCCCCC)cc1. The Kier molecular flexibility index (Phi) is 30.7. The van der Waals surface area contributed by atoms with Crippen LogP contribution in [-0.4, -0.2) is 67.8 Å². The van der Waals surface area contributed by atoms with Gasteiger partial charge < -0.3 is 29.2 Å². The zero-order valence-electron chi connectivity index (χ0n) is 32.7. The van der Waals surface area contributed by atoms with Gasteiger partial charge in [-0.25, -0.2) is 0 Å². The molecular formula is C43H72O9. The number of esters is 3. The Balaban J connectivity index is 2.71.